The van der Waals surface area contributed by atoms with Crippen molar-refractivity contribution in [3.05, 3.63) is 23.4 Å². The number of allylic oxidation sites excluding steroid dienone is 1. The maximum absolute atomic E-state index is 11.4. The molecule has 0 unspecified atom stereocenters. The number of nitrogen functional groups attached to an aromatic ring is 1. The highest BCUT2D eigenvalue weighted by Crippen LogP contribution is 2.04. The van der Waals surface area contributed by atoms with E-state index in [4.69, 9.17) is 5.73 Å². The normalized spacial score (nSPS) is 9.57. The van der Waals surface area contributed by atoms with Crippen LogP contribution in [0.5, 0.6) is 0 Å². The number of nitrogens with one attached hydrogen (secondary N) is 2. The Hall–Kier alpha value is -1.78. The minimum atomic E-state index is -0.214. The molecule has 14 heavy (non-hydrogen) atoms. The summed E-state index contributed by atoms with van der Waals surface area (Å²) in [6.45, 7) is 4.45. The molecule has 0 atom stereocenters. The van der Waals surface area contributed by atoms with Crippen molar-refractivity contribution < 1.29 is 4.79 Å². The van der Waals surface area contributed by atoms with E-state index < -0.39 is 0 Å². The van der Waals surface area contributed by atoms with Gasteiger partial charge >= 0.3 is 0 Å². The lowest BCUT2D eigenvalue weighted by Crippen LogP contribution is -2.23. The van der Waals surface area contributed by atoms with Gasteiger partial charge in [0.1, 0.15) is 11.4 Å². The van der Waals surface area contributed by atoms with Gasteiger partial charge in [0.15, 0.2) is 0 Å². The van der Waals surface area contributed by atoms with Gasteiger partial charge in [0.2, 0.25) is 0 Å². The molecule has 0 radical (unpaired) electrons. The fraction of sp³-hybridized carbons (Fsp3) is 0.333. The SMILES string of the molecule is CC(C)=CCNC(=O)c1cn[nH]c1N. The summed E-state index contributed by atoms with van der Waals surface area (Å²) in [4.78, 5) is 11.4. The number of carbonyl (C=O) groups excluding carboxylic acids is 1. The number of nitrogens with two attached hydrogens (primary N) is 1. The van der Waals surface area contributed by atoms with Gasteiger partial charge in [-0.05, 0) is 13.8 Å². The standard InChI is InChI=1S/C9H14N4O/c1-6(2)3-4-11-9(14)7-5-12-13-8(7)10/h3,5H,4H2,1-2H3,(H,11,14)(H3,10,12,13). The average molecular weight is 194 g/mol. The molecule has 4 N–H and O–H groups in total. The first-order valence-electron chi connectivity index (χ1n) is 4.31. The molecular weight excluding hydrogens is 180 g/mol. The third-order valence-electron chi connectivity index (χ3n) is 1.69. The largest absolute Gasteiger partial charge is 0.383 e. The van der Waals surface area contributed by atoms with Crippen molar-refractivity contribution in [1.82, 2.24) is 15.5 Å². The van der Waals surface area contributed by atoms with E-state index in [1.807, 2.05) is 19.9 Å². The van der Waals surface area contributed by atoms with Crippen molar-refractivity contribution in [3.63, 3.8) is 0 Å². The summed E-state index contributed by atoms with van der Waals surface area (Å²) in [7, 11) is 0. The van der Waals surface area contributed by atoms with Crippen molar-refractivity contribution in [2.75, 3.05) is 12.3 Å². The number of amides is 1. The molecule has 0 spiro atoms. The van der Waals surface area contributed by atoms with Gasteiger partial charge < -0.3 is 11.1 Å². The predicted molar refractivity (Wildman–Crippen MR) is 54.8 cm³/mol. The summed E-state index contributed by atoms with van der Waals surface area (Å²) in [5.74, 6) is 0.0773. The third-order valence-corrected chi connectivity index (χ3v) is 1.69. The summed E-state index contributed by atoms with van der Waals surface area (Å²) in [5, 5.41) is 8.86. The lowest BCUT2D eigenvalue weighted by molar-refractivity contribution is 0.0959. The Balaban J connectivity index is 2.52. The van der Waals surface area contributed by atoms with E-state index in [0.717, 1.165) is 5.57 Å². The van der Waals surface area contributed by atoms with Gasteiger partial charge in [0.25, 0.3) is 5.91 Å². The summed E-state index contributed by atoms with van der Waals surface area (Å²) < 4.78 is 0. The molecule has 1 aromatic rings. The predicted octanol–water partition coefficient (Wildman–Crippen LogP) is 0.688. The molecule has 1 rings (SSSR count). The van der Waals surface area contributed by atoms with E-state index in [9.17, 15) is 4.79 Å². The van der Waals surface area contributed by atoms with Gasteiger partial charge in [0, 0.05) is 6.54 Å². The van der Waals surface area contributed by atoms with Crippen LogP contribution in [0.15, 0.2) is 17.8 Å². The van der Waals surface area contributed by atoms with Crippen LogP contribution in [0.25, 0.3) is 0 Å². The van der Waals surface area contributed by atoms with Crippen LogP contribution in [0, 0.1) is 0 Å². The average Bonchev–Trinajstić information content (AvgIpc) is 2.50. The minimum absolute atomic E-state index is 0.214. The maximum Gasteiger partial charge on any atom is 0.256 e. The molecular formula is C9H14N4O. The fourth-order valence-electron chi connectivity index (χ4n) is 0.920. The molecule has 1 amide bonds. The smallest absolute Gasteiger partial charge is 0.256 e. The molecule has 5 nitrogen and oxygen atoms in total. The van der Waals surface area contributed by atoms with Gasteiger partial charge in [-0.25, -0.2) is 0 Å². The minimum Gasteiger partial charge on any atom is -0.383 e. The van der Waals surface area contributed by atoms with Crippen LogP contribution in [0.3, 0.4) is 0 Å². The number of rotatable bonds is 3. The number of H-pyrrole nitrogens is 1. The molecule has 0 bridgehead atoms. The van der Waals surface area contributed by atoms with E-state index in [-0.39, 0.29) is 5.91 Å². The topological polar surface area (TPSA) is 83.8 Å². The zero-order chi connectivity index (χ0) is 10.6. The summed E-state index contributed by atoms with van der Waals surface area (Å²) in [6, 6.07) is 0. The molecule has 76 valence electrons. The first-order valence-corrected chi connectivity index (χ1v) is 4.31. The van der Waals surface area contributed by atoms with Gasteiger partial charge in [0.05, 0.1) is 6.20 Å². The quantitative estimate of drug-likeness (QED) is 0.619. The lowest BCUT2D eigenvalue weighted by Gasteiger charge is -2.00. The van der Waals surface area contributed by atoms with Crippen LogP contribution in [-0.2, 0) is 0 Å². The molecule has 0 saturated heterocycles. The molecule has 1 heterocycles. The van der Waals surface area contributed by atoms with Crippen LogP contribution >= 0.6 is 0 Å². The van der Waals surface area contributed by atoms with Crippen molar-refractivity contribution in [3.8, 4) is 0 Å². The highest BCUT2D eigenvalue weighted by atomic mass is 16.1. The molecule has 0 aliphatic heterocycles. The second-order valence-electron chi connectivity index (χ2n) is 3.19. The van der Waals surface area contributed by atoms with Crippen molar-refractivity contribution in [2.45, 2.75) is 13.8 Å². The summed E-state index contributed by atoms with van der Waals surface area (Å²) in [6.07, 6.45) is 3.33. The number of anilines is 1. The van der Waals surface area contributed by atoms with E-state index >= 15 is 0 Å². The number of carbonyl (C=O) groups is 1. The second-order valence-corrected chi connectivity index (χ2v) is 3.19. The number of aromatic nitrogens is 2. The van der Waals surface area contributed by atoms with Crippen LogP contribution in [0.1, 0.15) is 24.2 Å². The third kappa shape index (κ3) is 2.62. The maximum atomic E-state index is 11.4. The first kappa shape index (κ1) is 10.3. The molecule has 1 aromatic heterocycles. The number of hydrogen-bond donors (Lipinski definition) is 3. The van der Waals surface area contributed by atoms with E-state index in [2.05, 4.69) is 15.5 Å². The Kier molecular flexibility index (Phi) is 3.28. The van der Waals surface area contributed by atoms with Crippen LogP contribution in [0.4, 0.5) is 5.82 Å². The van der Waals surface area contributed by atoms with Crippen molar-refractivity contribution >= 4 is 11.7 Å². The molecule has 0 aliphatic carbocycles. The number of hydrogen-bond acceptors (Lipinski definition) is 3. The molecule has 0 saturated carbocycles. The van der Waals surface area contributed by atoms with Crippen LogP contribution in [-0.4, -0.2) is 22.6 Å². The molecule has 0 aliphatic rings. The molecule has 0 fully saturated rings. The van der Waals surface area contributed by atoms with Gasteiger partial charge in [-0.2, -0.15) is 5.10 Å². The van der Waals surface area contributed by atoms with Crippen LogP contribution < -0.4 is 11.1 Å². The van der Waals surface area contributed by atoms with E-state index in [1.165, 1.54) is 6.20 Å². The van der Waals surface area contributed by atoms with E-state index in [0.29, 0.717) is 17.9 Å². The Bertz CT molecular complexity index is 349. The Morgan fingerprint density at radius 3 is 2.93 bits per heavy atom. The number of nitrogens with zero attached hydrogens (tertiary/aromatic N) is 1. The molecule has 0 aromatic carbocycles. The van der Waals surface area contributed by atoms with Crippen molar-refractivity contribution in [1.29, 1.82) is 0 Å². The van der Waals surface area contributed by atoms with Crippen LogP contribution in [0.2, 0.25) is 0 Å². The zero-order valence-corrected chi connectivity index (χ0v) is 8.29. The van der Waals surface area contributed by atoms with Crippen molar-refractivity contribution in [2.24, 2.45) is 0 Å². The monoisotopic (exact) mass is 194 g/mol. The Morgan fingerprint density at radius 2 is 2.43 bits per heavy atom. The van der Waals surface area contributed by atoms with Gasteiger partial charge in [-0.1, -0.05) is 11.6 Å². The second kappa shape index (κ2) is 4.45. The van der Waals surface area contributed by atoms with Gasteiger partial charge in [-0.3, -0.25) is 9.89 Å². The van der Waals surface area contributed by atoms with E-state index in [1.54, 1.807) is 0 Å². The summed E-state index contributed by atoms with van der Waals surface area (Å²) >= 11 is 0. The first-order chi connectivity index (χ1) is 6.61. The molecule has 5 heteroatoms. The number of aromatic amines is 1. The fourth-order valence-corrected chi connectivity index (χ4v) is 0.920. The Morgan fingerprint density at radius 1 is 1.71 bits per heavy atom. The Labute approximate surface area is 82.4 Å². The zero-order valence-electron chi connectivity index (χ0n) is 8.29. The lowest BCUT2D eigenvalue weighted by atomic mass is 10.3. The summed E-state index contributed by atoms with van der Waals surface area (Å²) in [5.41, 5.74) is 7.02. The highest BCUT2D eigenvalue weighted by Gasteiger charge is 2.09. The highest BCUT2D eigenvalue weighted by molar-refractivity contribution is 5.98. The van der Waals surface area contributed by atoms with Gasteiger partial charge in [-0.15, -0.1) is 0 Å².